The zero-order valence-electron chi connectivity index (χ0n) is 9.66. The maximum absolute atomic E-state index is 11.8. The Morgan fingerprint density at radius 1 is 1.26 bits per heavy atom. The largest absolute Gasteiger partial charge is 0.374 e. The average molecular weight is 291 g/mol. The molecule has 0 aliphatic rings. The third kappa shape index (κ3) is 2.69. The summed E-state index contributed by atoms with van der Waals surface area (Å²) in [6, 6.07) is 7.73. The van der Waals surface area contributed by atoms with E-state index in [1.165, 1.54) is 22.7 Å². The third-order valence-corrected chi connectivity index (χ3v) is 4.04. The minimum Gasteiger partial charge on any atom is -0.374 e. The molecular formula is C11H9N5OS2. The number of nitrogens with one attached hydrogen (secondary N) is 1. The second kappa shape index (κ2) is 4.90. The molecule has 1 amide bonds. The summed E-state index contributed by atoms with van der Waals surface area (Å²) in [6.45, 7) is 0. The molecule has 0 saturated carbocycles. The van der Waals surface area contributed by atoms with Crippen molar-refractivity contribution in [3.8, 4) is 0 Å². The van der Waals surface area contributed by atoms with Crippen molar-refractivity contribution in [1.82, 2.24) is 15.2 Å². The van der Waals surface area contributed by atoms with E-state index < -0.39 is 0 Å². The van der Waals surface area contributed by atoms with Crippen LogP contribution in [-0.4, -0.2) is 21.1 Å². The van der Waals surface area contributed by atoms with Crippen molar-refractivity contribution < 1.29 is 4.79 Å². The number of carbonyl (C=O) groups is 1. The van der Waals surface area contributed by atoms with Crippen LogP contribution in [0.5, 0.6) is 0 Å². The van der Waals surface area contributed by atoms with Crippen LogP contribution in [0.25, 0.3) is 10.2 Å². The fraction of sp³-hybridized carbons (Fsp3) is 0.0909. The maximum atomic E-state index is 11.8. The quantitative estimate of drug-likeness (QED) is 0.768. The predicted molar refractivity (Wildman–Crippen MR) is 76.3 cm³/mol. The summed E-state index contributed by atoms with van der Waals surface area (Å²) >= 11 is 2.65. The second-order valence-corrected chi connectivity index (χ2v) is 5.87. The summed E-state index contributed by atoms with van der Waals surface area (Å²) < 4.78 is 1.04. The first-order valence-electron chi connectivity index (χ1n) is 5.44. The number of hydrogen-bond donors (Lipinski definition) is 2. The highest BCUT2D eigenvalue weighted by atomic mass is 32.1. The summed E-state index contributed by atoms with van der Waals surface area (Å²) in [4.78, 5) is 16.2. The molecule has 96 valence electrons. The second-order valence-electron chi connectivity index (χ2n) is 3.75. The van der Waals surface area contributed by atoms with Crippen molar-refractivity contribution in [2.75, 3.05) is 11.1 Å². The van der Waals surface area contributed by atoms with Crippen molar-refractivity contribution in [2.24, 2.45) is 0 Å². The molecule has 1 aromatic carbocycles. The Hall–Kier alpha value is -2.06. The van der Waals surface area contributed by atoms with E-state index in [9.17, 15) is 4.79 Å². The van der Waals surface area contributed by atoms with Crippen LogP contribution in [0.2, 0.25) is 0 Å². The van der Waals surface area contributed by atoms with Gasteiger partial charge in [-0.15, -0.1) is 10.2 Å². The number of carbonyl (C=O) groups excluding carboxylic acids is 1. The van der Waals surface area contributed by atoms with Crippen LogP contribution in [0.1, 0.15) is 5.01 Å². The first-order valence-corrected chi connectivity index (χ1v) is 7.07. The Balaban J connectivity index is 1.72. The van der Waals surface area contributed by atoms with Crippen LogP contribution < -0.4 is 11.1 Å². The zero-order chi connectivity index (χ0) is 13.2. The van der Waals surface area contributed by atoms with Crippen LogP contribution in [0, 0.1) is 0 Å². The Labute approximate surface area is 116 Å². The number of aromatic nitrogens is 3. The molecule has 3 aromatic rings. The lowest BCUT2D eigenvalue weighted by atomic mass is 10.3. The monoisotopic (exact) mass is 291 g/mol. The topological polar surface area (TPSA) is 93.8 Å². The first kappa shape index (κ1) is 12.0. The van der Waals surface area contributed by atoms with Crippen molar-refractivity contribution in [1.29, 1.82) is 0 Å². The standard InChI is InChI=1S/C11H9N5OS2/c12-10-16-15-9(19-10)5-8(17)14-11-13-6-3-1-2-4-7(6)18-11/h1-4H,5H2,(H2,12,16)(H,13,14,17). The number of nitrogens with two attached hydrogens (primary N) is 1. The van der Waals surface area contributed by atoms with Gasteiger partial charge in [0.15, 0.2) is 5.13 Å². The lowest BCUT2D eigenvalue weighted by molar-refractivity contribution is -0.115. The molecule has 2 aromatic heterocycles. The molecule has 6 nitrogen and oxygen atoms in total. The van der Waals surface area contributed by atoms with Gasteiger partial charge >= 0.3 is 0 Å². The lowest BCUT2D eigenvalue weighted by Gasteiger charge is -1.97. The highest BCUT2D eigenvalue weighted by Crippen LogP contribution is 2.25. The average Bonchev–Trinajstić information content (AvgIpc) is 2.94. The minimum absolute atomic E-state index is 0.158. The Morgan fingerprint density at radius 3 is 2.84 bits per heavy atom. The summed E-state index contributed by atoms with van der Waals surface area (Å²) in [6.07, 6.45) is 0.158. The van der Waals surface area contributed by atoms with Gasteiger partial charge in [0.2, 0.25) is 11.0 Å². The summed E-state index contributed by atoms with van der Waals surface area (Å²) in [7, 11) is 0. The van der Waals surface area contributed by atoms with Crippen molar-refractivity contribution in [2.45, 2.75) is 6.42 Å². The molecule has 8 heteroatoms. The van der Waals surface area contributed by atoms with Crippen molar-refractivity contribution >= 4 is 49.1 Å². The predicted octanol–water partition coefficient (Wildman–Crippen LogP) is 1.91. The SMILES string of the molecule is Nc1nnc(CC(=O)Nc2nc3ccccc3s2)s1. The Bertz CT molecular complexity index is 702. The van der Waals surface area contributed by atoms with Gasteiger partial charge in [0, 0.05) is 0 Å². The molecular weight excluding hydrogens is 282 g/mol. The van der Waals surface area contributed by atoms with Gasteiger partial charge in [0.1, 0.15) is 5.01 Å². The van der Waals surface area contributed by atoms with Gasteiger partial charge in [0.25, 0.3) is 0 Å². The van der Waals surface area contributed by atoms with Gasteiger partial charge in [-0.25, -0.2) is 4.98 Å². The van der Waals surface area contributed by atoms with Crippen molar-refractivity contribution in [3.63, 3.8) is 0 Å². The van der Waals surface area contributed by atoms with E-state index in [2.05, 4.69) is 20.5 Å². The number of hydrogen-bond acceptors (Lipinski definition) is 7. The van der Waals surface area contributed by atoms with Gasteiger partial charge in [-0.3, -0.25) is 4.79 Å². The molecule has 0 spiro atoms. The van der Waals surface area contributed by atoms with Crippen LogP contribution in [0.4, 0.5) is 10.3 Å². The molecule has 0 aliphatic heterocycles. The number of rotatable bonds is 3. The Morgan fingerprint density at radius 2 is 2.11 bits per heavy atom. The fourth-order valence-corrected chi connectivity index (χ4v) is 3.05. The number of benzene rings is 1. The summed E-state index contributed by atoms with van der Waals surface area (Å²) in [5.74, 6) is -0.171. The molecule has 0 aliphatic carbocycles. The van der Waals surface area contributed by atoms with Gasteiger partial charge in [-0.05, 0) is 12.1 Å². The van der Waals surface area contributed by atoms with E-state index >= 15 is 0 Å². The summed E-state index contributed by atoms with van der Waals surface area (Å²) in [5, 5.41) is 11.8. The molecule has 0 bridgehead atoms. The van der Waals surface area contributed by atoms with E-state index in [1.54, 1.807) is 0 Å². The molecule has 3 N–H and O–H groups in total. The first-order chi connectivity index (χ1) is 9.20. The fourth-order valence-electron chi connectivity index (χ4n) is 1.56. The van der Waals surface area contributed by atoms with E-state index in [4.69, 9.17) is 5.73 Å². The highest BCUT2D eigenvalue weighted by Gasteiger charge is 2.11. The molecule has 0 saturated heterocycles. The number of thiazole rings is 1. The Kier molecular flexibility index (Phi) is 3.10. The van der Waals surface area contributed by atoms with E-state index in [0.29, 0.717) is 15.3 Å². The lowest BCUT2D eigenvalue weighted by Crippen LogP contribution is -2.14. The zero-order valence-corrected chi connectivity index (χ0v) is 11.3. The van der Waals surface area contributed by atoms with E-state index in [0.717, 1.165) is 10.2 Å². The number of nitrogen functional groups attached to an aromatic ring is 1. The minimum atomic E-state index is -0.171. The van der Waals surface area contributed by atoms with Crippen LogP contribution in [-0.2, 0) is 11.2 Å². The van der Waals surface area contributed by atoms with Gasteiger partial charge in [0.05, 0.1) is 16.6 Å². The van der Waals surface area contributed by atoms with Crippen LogP contribution in [0.3, 0.4) is 0 Å². The molecule has 19 heavy (non-hydrogen) atoms. The van der Waals surface area contributed by atoms with Gasteiger partial charge < -0.3 is 11.1 Å². The number of para-hydroxylation sites is 1. The molecule has 2 heterocycles. The van der Waals surface area contributed by atoms with Crippen molar-refractivity contribution in [3.05, 3.63) is 29.3 Å². The molecule has 3 rings (SSSR count). The highest BCUT2D eigenvalue weighted by molar-refractivity contribution is 7.22. The van der Waals surface area contributed by atoms with Crippen LogP contribution in [0.15, 0.2) is 24.3 Å². The van der Waals surface area contributed by atoms with Gasteiger partial charge in [-0.2, -0.15) is 0 Å². The molecule has 0 unspecified atom stereocenters. The van der Waals surface area contributed by atoms with Gasteiger partial charge in [-0.1, -0.05) is 34.8 Å². The smallest absolute Gasteiger partial charge is 0.233 e. The molecule has 0 atom stereocenters. The molecule has 0 fully saturated rings. The maximum Gasteiger partial charge on any atom is 0.233 e. The number of amides is 1. The number of nitrogens with zero attached hydrogens (tertiary/aromatic N) is 3. The van der Waals surface area contributed by atoms with E-state index in [-0.39, 0.29) is 12.3 Å². The summed E-state index contributed by atoms with van der Waals surface area (Å²) in [5.41, 5.74) is 6.34. The normalized spacial score (nSPS) is 10.7. The number of fused-ring (bicyclic) bond motifs is 1. The number of anilines is 2. The third-order valence-electron chi connectivity index (χ3n) is 2.33. The van der Waals surface area contributed by atoms with Crippen LogP contribution >= 0.6 is 22.7 Å². The molecule has 0 radical (unpaired) electrons. The van der Waals surface area contributed by atoms with E-state index in [1.807, 2.05) is 24.3 Å².